The molecule has 2 amide bonds. The van der Waals surface area contributed by atoms with Gasteiger partial charge in [0.2, 0.25) is 0 Å². The SMILES string of the molecule is C=C1Cc2cc(NC(=O)Nc3cccc(Cl)c3)ccc2N1. The van der Waals surface area contributed by atoms with E-state index in [0.717, 1.165) is 29.1 Å². The van der Waals surface area contributed by atoms with E-state index in [2.05, 4.69) is 22.5 Å². The van der Waals surface area contributed by atoms with E-state index in [9.17, 15) is 4.79 Å². The lowest BCUT2D eigenvalue weighted by molar-refractivity contribution is 0.262. The van der Waals surface area contributed by atoms with Gasteiger partial charge in [0, 0.05) is 34.2 Å². The zero-order chi connectivity index (χ0) is 14.8. The van der Waals surface area contributed by atoms with Gasteiger partial charge in [-0.1, -0.05) is 24.2 Å². The lowest BCUT2D eigenvalue weighted by atomic mass is 10.1. The van der Waals surface area contributed by atoms with Crippen LogP contribution in [0.4, 0.5) is 21.9 Å². The molecule has 3 rings (SSSR count). The van der Waals surface area contributed by atoms with Gasteiger partial charge in [-0.05, 0) is 42.0 Å². The topological polar surface area (TPSA) is 53.2 Å². The van der Waals surface area contributed by atoms with Gasteiger partial charge in [-0.15, -0.1) is 0 Å². The van der Waals surface area contributed by atoms with E-state index in [4.69, 9.17) is 11.6 Å². The average Bonchev–Trinajstić information content (AvgIpc) is 2.78. The van der Waals surface area contributed by atoms with Crippen LogP contribution in [0.5, 0.6) is 0 Å². The summed E-state index contributed by atoms with van der Waals surface area (Å²) >= 11 is 5.88. The quantitative estimate of drug-likeness (QED) is 0.766. The standard InChI is InChI=1S/C16H14ClN3O/c1-10-7-11-8-14(5-6-15(11)18-10)20-16(21)19-13-4-2-3-12(17)9-13/h2-6,8-9,18H,1,7H2,(H2,19,20,21). The van der Waals surface area contributed by atoms with Crippen molar-refractivity contribution in [3.05, 3.63) is 65.3 Å². The number of rotatable bonds is 2. The minimum Gasteiger partial charge on any atom is -0.359 e. The fraction of sp³-hybridized carbons (Fsp3) is 0.0625. The summed E-state index contributed by atoms with van der Waals surface area (Å²) in [5.41, 5.74) is 4.52. The summed E-state index contributed by atoms with van der Waals surface area (Å²) in [7, 11) is 0. The smallest absolute Gasteiger partial charge is 0.323 e. The van der Waals surface area contributed by atoms with Crippen molar-refractivity contribution in [3.63, 3.8) is 0 Å². The maximum atomic E-state index is 12.0. The highest BCUT2D eigenvalue weighted by molar-refractivity contribution is 6.30. The molecule has 4 nitrogen and oxygen atoms in total. The molecule has 0 atom stereocenters. The zero-order valence-electron chi connectivity index (χ0n) is 11.2. The fourth-order valence-corrected chi connectivity index (χ4v) is 2.45. The van der Waals surface area contributed by atoms with E-state index in [1.807, 2.05) is 18.2 Å². The molecule has 106 valence electrons. The second kappa shape index (κ2) is 5.50. The summed E-state index contributed by atoms with van der Waals surface area (Å²) in [5.74, 6) is 0. The van der Waals surface area contributed by atoms with Crippen molar-refractivity contribution in [2.75, 3.05) is 16.0 Å². The van der Waals surface area contributed by atoms with Crippen molar-refractivity contribution in [1.29, 1.82) is 0 Å². The highest BCUT2D eigenvalue weighted by atomic mass is 35.5. The van der Waals surface area contributed by atoms with E-state index >= 15 is 0 Å². The number of allylic oxidation sites excluding steroid dienone is 1. The van der Waals surface area contributed by atoms with Crippen LogP contribution in [0.15, 0.2) is 54.7 Å². The molecule has 0 radical (unpaired) electrons. The number of amides is 2. The highest BCUT2D eigenvalue weighted by Gasteiger charge is 2.14. The Morgan fingerprint density at radius 2 is 1.90 bits per heavy atom. The summed E-state index contributed by atoms with van der Waals surface area (Å²) < 4.78 is 0. The molecule has 0 saturated carbocycles. The van der Waals surface area contributed by atoms with Crippen molar-refractivity contribution in [2.24, 2.45) is 0 Å². The molecule has 1 aliphatic heterocycles. The van der Waals surface area contributed by atoms with E-state index in [0.29, 0.717) is 10.7 Å². The molecule has 0 aliphatic carbocycles. The number of hydrogen-bond donors (Lipinski definition) is 3. The van der Waals surface area contributed by atoms with Crippen LogP contribution in [0, 0.1) is 0 Å². The number of nitrogens with one attached hydrogen (secondary N) is 3. The number of fused-ring (bicyclic) bond motifs is 1. The van der Waals surface area contributed by atoms with Gasteiger partial charge in [-0.2, -0.15) is 0 Å². The molecule has 0 unspecified atom stereocenters. The van der Waals surface area contributed by atoms with Gasteiger partial charge in [0.25, 0.3) is 0 Å². The molecular weight excluding hydrogens is 286 g/mol. The predicted octanol–water partition coefficient (Wildman–Crippen LogP) is 4.47. The van der Waals surface area contributed by atoms with Crippen LogP contribution in [0.25, 0.3) is 0 Å². The third-order valence-corrected chi connectivity index (χ3v) is 3.40. The molecule has 3 N–H and O–H groups in total. The number of anilines is 3. The van der Waals surface area contributed by atoms with Gasteiger partial charge in [0.15, 0.2) is 0 Å². The van der Waals surface area contributed by atoms with E-state index in [-0.39, 0.29) is 6.03 Å². The minimum absolute atomic E-state index is 0.304. The van der Waals surface area contributed by atoms with Gasteiger partial charge in [0.1, 0.15) is 0 Å². The number of urea groups is 1. The van der Waals surface area contributed by atoms with Crippen molar-refractivity contribution in [1.82, 2.24) is 0 Å². The summed E-state index contributed by atoms with van der Waals surface area (Å²) in [6.45, 7) is 3.90. The minimum atomic E-state index is -0.304. The Morgan fingerprint density at radius 1 is 1.14 bits per heavy atom. The van der Waals surface area contributed by atoms with E-state index < -0.39 is 0 Å². The maximum absolute atomic E-state index is 12.0. The Bertz CT molecular complexity index is 727. The van der Waals surface area contributed by atoms with Crippen LogP contribution in [0.3, 0.4) is 0 Å². The first-order valence-electron chi connectivity index (χ1n) is 6.51. The van der Waals surface area contributed by atoms with Gasteiger partial charge in [-0.25, -0.2) is 4.79 Å². The lowest BCUT2D eigenvalue weighted by Gasteiger charge is -2.09. The largest absolute Gasteiger partial charge is 0.359 e. The van der Waals surface area contributed by atoms with Crippen molar-refractivity contribution in [3.8, 4) is 0 Å². The van der Waals surface area contributed by atoms with Crippen molar-refractivity contribution >= 4 is 34.7 Å². The van der Waals surface area contributed by atoms with Crippen LogP contribution < -0.4 is 16.0 Å². The molecule has 5 heteroatoms. The maximum Gasteiger partial charge on any atom is 0.323 e. The predicted molar refractivity (Wildman–Crippen MR) is 87.0 cm³/mol. The molecular formula is C16H14ClN3O. The zero-order valence-corrected chi connectivity index (χ0v) is 12.0. The highest BCUT2D eigenvalue weighted by Crippen LogP contribution is 2.29. The Morgan fingerprint density at radius 3 is 2.67 bits per heavy atom. The summed E-state index contributed by atoms with van der Waals surface area (Å²) in [6, 6.07) is 12.4. The molecule has 0 spiro atoms. The molecule has 0 bridgehead atoms. The molecule has 2 aromatic carbocycles. The number of halogens is 1. The van der Waals surface area contributed by atoms with Gasteiger partial charge in [-0.3, -0.25) is 0 Å². The molecule has 0 fully saturated rings. The third kappa shape index (κ3) is 3.17. The Kier molecular flexibility index (Phi) is 3.54. The monoisotopic (exact) mass is 299 g/mol. The second-order valence-electron chi connectivity index (χ2n) is 4.87. The average molecular weight is 300 g/mol. The van der Waals surface area contributed by atoms with Gasteiger partial charge >= 0.3 is 6.03 Å². The number of carbonyl (C=O) groups excluding carboxylic acids is 1. The number of hydrogen-bond acceptors (Lipinski definition) is 2. The fourth-order valence-electron chi connectivity index (χ4n) is 2.26. The first-order chi connectivity index (χ1) is 10.1. The number of carbonyl (C=O) groups is 1. The summed E-state index contributed by atoms with van der Waals surface area (Å²) in [4.78, 5) is 12.0. The lowest BCUT2D eigenvalue weighted by Crippen LogP contribution is -2.19. The van der Waals surface area contributed by atoms with E-state index in [1.165, 1.54) is 0 Å². The Balaban J connectivity index is 1.68. The van der Waals surface area contributed by atoms with E-state index in [1.54, 1.807) is 24.3 Å². The van der Waals surface area contributed by atoms with Crippen LogP contribution >= 0.6 is 11.6 Å². The molecule has 0 aromatic heterocycles. The van der Waals surface area contributed by atoms with Gasteiger partial charge < -0.3 is 16.0 Å². The molecule has 1 aliphatic rings. The normalized spacial score (nSPS) is 12.5. The second-order valence-corrected chi connectivity index (χ2v) is 5.30. The first-order valence-corrected chi connectivity index (χ1v) is 6.89. The van der Waals surface area contributed by atoms with Crippen LogP contribution in [-0.2, 0) is 6.42 Å². The van der Waals surface area contributed by atoms with Crippen LogP contribution in [0.2, 0.25) is 5.02 Å². The van der Waals surface area contributed by atoms with Crippen LogP contribution in [-0.4, -0.2) is 6.03 Å². The molecule has 1 heterocycles. The van der Waals surface area contributed by atoms with Gasteiger partial charge in [0.05, 0.1) is 0 Å². The Labute approximate surface area is 127 Å². The van der Waals surface area contributed by atoms with Crippen LogP contribution in [0.1, 0.15) is 5.56 Å². The molecule has 21 heavy (non-hydrogen) atoms. The first kappa shape index (κ1) is 13.5. The number of benzene rings is 2. The molecule has 2 aromatic rings. The summed E-state index contributed by atoms with van der Waals surface area (Å²) in [5, 5.41) is 9.31. The summed E-state index contributed by atoms with van der Waals surface area (Å²) in [6.07, 6.45) is 0.779. The Hall–Kier alpha value is -2.46. The van der Waals surface area contributed by atoms with Crippen molar-refractivity contribution in [2.45, 2.75) is 6.42 Å². The third-order valence-electron chi connectivity index (χ3n) is 3.16. The molecule has 0 saturated heterocycles. The van der Waals surface area contributed by atoms with Crippen molar-refractivity contribution < 1.29 is 4.79 Å².